The number of aryl methyl sites for hydroxylation is 1. The lowest BCUT2D eigenvalue weighted by Gasteiger charge is -2.35. The molecule has 4 rings (SSSR count). The monoisotopic (exact) mass is 342 g/mol. The van der Waals surface area contributed by atoms with Crippen molar-refractivity contribution in [2.45, 2.75) is 31.7 Å². The zero-order chi connectivity index (χ0) is 17.4. The van der Waals surface area contributed by atoms with Crippen molar-refractivity contribution in [2.24, 2.45) is 0 Å². The number of halogens is 1. The molecule has 1 aliphatic carbocycles. The molecule has 1 atom stereocenters. The van der Waals surface area contributed by atoms with Crippen LogP contribution in [-0.2, 0) is 17.6 Å². The molecule has 2 aliphatic rings. The molecule has 6 nitrogen and oxygen atoms in total. The topological polar surface area (TPSA) is 78.1 Å². The van der Waals surface area contributed by atoms with Crippen LogP contribution in [0.1, 0.15) is 46.2 Å². The Kier molecular flexibility index (Phi) is 3.99. The zero-order valence-electron chi connectivity index (χ0n) is 13.7. The molecule has 7 heteroatoms. The van der Waals surface area contributed by atoms with Crippen LogP contribution in [0.25, 0.3) is 0 Å². The number of piperazine rings is 1. The number of fused-ring (bicyclic) bond motifs is 1. The quantitative estimate of drug-likeness (QED) is 0.873. The molecule has 2 N–H and O–H groups in total. The van der Waals surface area contributed by atoms with Gasteiger partial charge in [0.15, 0.2) is 5.69 Å². The Labute approximate surface area is 144 Å². The summed E-state index contributed by atoms with van der Waals surface area (Å²) >= 11 is 0. The van der Waals surface area contributed by atoms with Crippen LogP contribution >= 0.6 is 0 Å². The molecule has 1 unspecified atom stereocenters. The first kappa shape index (κ1) is 15.8. The van der Waals surface area contributed by atoms with Crippen LogP contribution in [0.5, 0.6) is 0 Å². The number of amides is 2. The molecule has 130 valence electrons. The summed E-state index contributed by atoms with van der Waals surface area (Å²) in [5.74, 6) is -1.00. The third-order valence-corrected chi connectivity index (χ3v) is 4.90. The van der Waals surface area contributed by atoms with Gasteiger partial charge in [-0.15, -0.1) is 0 Å². The van der Waals surface area contributed by atoms with Gasteiger partial charge in [0.1, 0.15) is 11.9 Å². The predicted molar refractivity (Wildman–Crippen MR) is 88.4 cm³/mol. The second kappa shape index (κ2) is 6.31. The number of rotatable bonds is 2. The van der Waals surface area contributed by atoms with Crippen molar-refractivity contribution in [1.82, 2.24) is 20.4 Å². The number of hydrogen-bond acceptors (Lipinski definition) is 3. The molecule has 1 aromatic carbocycles. The lowest BCUT2D eigenvalue weighted by Crippen LogP contribution is -2.52. The van der Waals surface area contributed by atoms with Crippen molar-refractivity contribution in [1.29, 1.82) is 0 Å². The number of carbonyl (C=O) groups is 2. The molecule has 25 heavy (non-hydrogen) atoms. The molecular formula is C18H19FN4O2. The molecule has 2 amide bonds. The Morgan fingerprint density at radius 3 is 2.96 bits per heavy atom. The van der Waals surface area contributed by atoms with E-state index in [0.29, 0.717) is 24.3 Å². The molecule has 2 aromatic rings. The molecule has 0 bridgehead atoms. The molecule has 0 radical (unpaired) electrons. The molecule has 0 spiro atoms. The third kappa shape index (κ3) is 2.79. The number of nitrogens with one attached hydrogen (secondary N) is 2. The largest absolute Gasteiger partial charge is 0.352 e. The minimum atomic E-state index is -0.840. The van der Waals surface area contributed by atoms with Gasteiger partial charge in [0.05, 0.1) is 0 Å². The normalized spacial score (nSPS) is 20.1. The fourth-order valence-electron chi connectivity index (χ4n) is 3.69. The molecule has 0 saturated carbocycles. The standard InChI is InChI=1S/C18H19FN4O2/c19-12-5-3-4-11(10-12)16-17(24)20-8-9-23(16)18(25)15-13-6-1-2-7-14(13)21-22-15/h3-5,10,16H,1-2,6-9H2,(H,20,24)(H,21,22). The van der Waals surface area contributed by atoms with E-state index in [0.717, 1.165) is 36.9 Å². The van der Waals surface area contributed by atoms with E-state index in [-0.39, 0.29) is 11.8 Å². The van der Waals surface area contributed by atoms with E-state index >= 15 is 0 Å². The summed E-state index contributed by atoms with van der Waals surface area (Å²) in [6.07, 6.45) is 3.82. The number of carbonyl (C=O) groups excluding carboxylic acids is 2. The van der Waals surface area contributed by atoms with E-state index in [1.165, 1.54) is 17.0 Å². The lowest BCUT2D eigenvalue weighted by atomic mass is 9.95. The molecule has 1 saturated heterocycles. The highest BCUT2D eigenvalue weighted by atomic mass is 19.1. The van der Waals surface area contributed by atoms with Gasteiger partial charge in [-0.25, -0.2) is 4.39 Å². The van der Waals surface area contributed by atoms with Crippen LogP contribution in [0.2, 0.25) is 0 Å². The Balaban J connectivity index is 1.70. The highest BCUT2D eigenvalue weighted by Gasteiger charge is 2.37. The Hall–Kier alpha value is -2.70. The number of nitrogens with zero attached hydrogens (tertiary/aromatic N) is 2. The summed E-state index contributed by atoms with van der Waals surface area (Å²) in [5.41, 5.74) is 2.83. The van der Waals surface area contributed by atoms with Gasteiger partial charge in [-0.1, -0.05) is 12.1 Å². The maximum absolute atomic E-state index is 13.6. The van der Waals surface area contributed by atoms with Crippen LogP contribution in [0.3, 0.4) is 0 Å². The molecule has 2 heterocycles. The van der Waals surface area contributed by atoms with Gasteiger partial charge in [0.25, 0.3) is 5.91 Å². The van der Waals surface area contributed by atoms with E-state index in [2.05, 4.69) is 15.5 Å². The second-order valence-electron chi connectivity index (χ2n) is 6.48. The Morgan fingerprint density at radius 1 is 1.28 bits per heavy atom. The zero-order valence-corrected chi connectivity index (χ0v) is 13.7. The van der Waals surface area contributed by atoms with Gasteiger partial charge < -0.3 is 10.2 Å². The minimum absolute atomic E-state index is 0.275. The van der Waals surface area contributed by atoms with Crippen molar-refractivity contribution in [3.05, 3.63) is 52.6 Å². The van der Waals surface area contributed by atoms with Gasteiger partial charge >= 0.3 is 0 Å². The Bertz CT molecular complexity index is 832. The SMILES string of the molecule is O=C1NCCN(C(=O)c2n[nH]c3c2CCCC3)C1c1cccc(F)c1. The number of hydrogen-bond donors (Lipinski definition) is 2. The first-order valence-corrected chi connectivity index (χ1v) is 8.55. The van der Waals surface area contributed by atoms with Crippen LogP contribution in [0.4, 0.5) is 4.39 Å². The lowest BCUT2D eigenvalue weighted by molar-refractivity contribution is -0.128. The van der Waals surface area contributed by atoms with Crippen LogP contribution in [0, 0.1) is 5.82 Å². The van der Waals surface area contributed by atoms with Crippen LogP contribution in [-0.4, -0.2) is 40.0 Å². The van der Waals surface area contributed by atoms with Crippen LogP contribution < -0.4 is 5.32 Å². The van der Waals surface area contributed by atoms with Crippen LogP contribution in [0.15, 0.2) is 24.3 Å². The Morgan fingerprint density at radius 2 is 2.12 bits per heavy atom. The molecule has 1 fully saturated rings. The predicted octanol–water partition coefficient (Wildman–Crippen LogP) is 1.74. The summed E-state index contributed by atoms with van der Waals surface area (Å²) in [6, 6.07) is 4.99. The maximum Gasteiger partial charge on any atom is 0.275 e. The summed E-state index contributed by atoms with van der Waals surface area (Å²) in [5, 5.41) is 9.94. The fourth-order valence-corrected chi connectivity index (χ4v) is 3.69. The summed E-state index contributed by atoms with van der Waals surface area (Å²) < 4.78 is 13.6. The molecule has 1 aromatic heterocycles. The highest BCUT2D eigenvalue weighted by molar-refractivity contribution is 5.98. The third-order valence-electron chi connectivity index (χ3n) is 4.90. The van der Waals surface area contributed by atoms with Gasteiger partial charge in [0.2, 0.25) is 5.91 Å². The van der Waals surface area contributed by atoms with Crippen molar-refractivity contribution in [3.8, 4) is 0 Å². The van der Waals surface area contributed by atoms with E-state index in [4.69, 9.17) is 0 Å². The van der Waals surface area contributed by atoms with Gasteiger partial charge in [-0.05, 0) is 43.4 Å². The van der Waals surface area contributed by atoms with Gasteiger partial charge in [-0.3, -0.25) is 14.7 Å². The average molecular weight is 342 g/mol. The first-order valence-electron chi connectivity index (χ1n) is 8.55. The number of aromatic nitrogens is 2. The summed E-state index contributed by atoms with van der Waals surface area (Å²) in [6.45, 7) is 0.746. The van der Waals surface area contributed by atoms with E-state index in [1.54, 1.807) is 12.1 Å². The number of benzene rings is 1. The van der Waals surface area contributed by atoms with E-state index in [1.807, 2.05) is 0 Å². The number of H-pyrrole nitrogens is 1. The van der Waals surface area contributed by atoms with Crippen molar-refractivity contribution >= 4 is 11.8 Å². The summed E-state index contributed by atoms with van der Waals surface area (Å²) in [4.78, 5) is 27.0. The molecule has 1 aliphatic heterocycles. The smallest absolute Gasteiger partial charge is 0.275 e. The van der Waals surface area contributed by atoms with E-state index < -0.39 is 11.9 Å². The van der Waals surface area contributed by atoms with Gasteiger partial charge in [0, 0.05) is 24.3 Å². The van der Waals surface area contributed by atoms with E-state index in [9.17, 15) is 14.0 Å². The molecular weight excluding hydrogens is 323 g/mol. The van der Waals surface area contributed by atoms with Crippen molar-refractivity contribution < 1.29 is 14.0 Å². The van der Waals surface area contributed by atoms with Crippen molar-refractivity contribution in [2.75, 3.05) is 13.1 Å². The highest BCUT2D eigenvalue weighted by Crippen LogP contribution is 2.28. The van der Waals surface area contributed by atoms with Crippen molar-refractivity contribution in [3.63, 3.8) is 0 Å². The number of aromatic amines is 1. The average Bonchev–Trinajstić information content (AvgIpc) is 3.05. The first-order chi connectivity index (χ1) is 12.1. The van der Waals surface area contributed by atoms with Gasteiger partial charge in [-0.2, -0.15) is 5.10 Å². The summed E-state index contributed by atoms with van der Waals surface area (Å²) in [7, 11) is 0. The maximum atomic E-state index is 13.6. The fraction of sp³-hybridized carbons (Fsp3) is 0.389. The minimum Gasteiger partial charge on any atom is -0.352 e. The second-order valence-corrected chi connectivity index (χ2v) is 6.48.